The molecule has 1 saturated heterocycles. The molecule has 1 aromatic heterocycles. The van der Waals surface area contributed by atoms with Gasteiger partial charge in [-0.25, -0.2) is 0 Å². The second-order valence-electron chi connectivity index (χ2n) is 10.1. The molecular formula is C31H34N4O3. The average molecular weight is 511 g/mol. The van der Waals surface area contributed by atoms with Crippen LogP contribution in [0.4, 0.5) is 5.69 Å². The summed E-state index contributed by atoms with van der Waals surface area (Å²) in [4.78, 5) is 14.2. The Balaban J connectivity index is 1.27. The molecule has 0 unspecified atom stereocenters. The molecule has 0 saturated carbocycles. The quantitative estimate of drug-likeness (QED) is 0.321. The molecule has 0 N–H and O–H groups in total. The highest BCUT2D eigenvalue weighted by Gasteiger charge is 2.26. The summed E-state index contributed by atoms with van der Waals surface area (Å²) in [6.45, 7) is 3.72. The van der Waals surface area contributed by atoms with E-state index in [-0.39, 0.29) is 0 Å². The van der Waals surface area contributed by atoms with Gasteiger partial charge in [0.15, 0.2) is 0 Å². The fraction of sp³-hybridized carbons (Fsp3) is 0.355. The molecule has 6 rings (SSSR count). The Morgan fingerprint density at radius 3 is 2.61 bits per heavy atom. The van der Waals surface area contributed by atoms with Gasteiger partial charge in [-0.15, -0.1) is 0 Å². The van der Waals surface area contributed by atoms with Crippen LogP contribution in [0.3, 0.4) is 0 Å². The highest BCUT2D eigenvalue weighted by molar-refractivity contribution is 5.95. The van der Waals surface area contributed by atoms with Crippen molar-refractivity contribution in [1.82, 2.24) is 14.9 Å². The van der Waals surface area contributed by atoms with Gasteiger partial charge in [-0.05, 0) is 49.9 Å². The number of methoxy groups -OCH3 is 1. The molecule has 7 heteroatoms. The third kappa shape index (κ3) is 5.11. The maximum absolute atomic E-state index is 6.25. The van der Waals surface area contributed by atoms with Crippen LogP contribution in [-0.4, -0.2) is 54.8 Å². The number of fused-ring (bicyclic) bond motifs is 2. The molecular weight excluding hydrogens is 476 g/mol. The molecule has 2 aliphatic rings. The normalized spacial score (nSPS) is 17.4. The first-order valence-corrected chi connectivity index (χ1v) is 13.4. The summed E-state index contributed by atoms with van der Waals surface area (Å²) < 4.78 is 18.0. The van der Waals surface area contributed by atoms with Gasteiger partial charge in [0.2, 0.25) is 5.88 Å². The SMILES string of the molecule is COc1nc(OC[C@@H]2CCCN2C)nc2c1CCN(c1cc(OCc3ccccc3)cc3ccccc13)C2. The number of likely N-dealkylation sites (N-methyl/N-ethyl adjacent to an activating group) is 1. The molecule has 3 aromatic carbocycles. The summed E-state index contributed by atoms with van der Waals surface area (Å²) >= 11 is 0. The summed E-state index contributed by atoms with van der Waals surface area (Å²) in [6, 6.07) is 23.8. The van der Waals surface area contributed by atoms with Crippen molar-refractivity contribution in [2.75, 3.05) is 38.8 Å². The van der Waals surface area contributed by atoms with Crippen molar-refractivity contribution in [1.29, 1.82) is 0 Å². The zero-order valence-corrected chi connectivity index (χ0v) is 22.1. The van der Waals surface area contributed by atoms with E-state index in [0.717, 1.165) is 59.6 Å². The third-order valence-corrected chi connectivity index (χ3v) is 7.68. The van der Waals surface area contributed by atoms with Gasteiger partial charge in [0.25, 0.3) is 0 Å². The molecule has 2 aliphatic heterocycles. The third-order valence-electron chi connectivity index (χ3n) is 7.68. The van der Waals surface area contributed by atoms with Gasteiger partial charge in [0.05, 0.1) is 19.3 Å². The van der Waals surface area contributed by atoms with E-state index in [9.17, 15) is 0 Å². The molecule has 196 valence electrons. The van der Waals surface area contributed by atoms with E-state index in [1.54, 1.807) is 7.11 Å². The fourth-order valence-corrected chi connectivity index (χ4v) is 5.52. The summed E-state index contributed by atoms with van der Waals surface area (Å²) in [7, 11) is 3.82. The van der Waals surface area contributed by atoms with Crippen LogP contribution < -0.4 is 19.1 Å². The van der Waals surface area contributed by atoms with Crippen LogP contribution in [0.15, 0.2) is 66.7 Å². The molecule has 38 heavy (non-hydrogen) atoms. The van der Waals surface area contributed by atoms with Crippen molar-refractivity contribution < 1.29 is 14.2 Å². The fourth-order valence-electron chi connectivity index (χ4n) is 5.52. The average Bonchev–Trinajstić information content (AvgIpc) is 3.38. The van der Waals surface area contributed by atoms with E-state index in [0.29, 0.717) is 37.7 Å². The lowest BCUT2D eigenvalue weighted by Gasteiger charge is -2.32. The van der Waals surface area contributed by atoms with E-state index in [1.165, 1.54) is 11.8 Å². The largest absolute Gasteiger partial charge is 0.489 e. The van der Waals surface area contributed by atoms with E-state index in [4.69, 9.17) is 19.2 Å². The summed E-state index contributed by atoms with van der Waals surface area (Å²) in [6.07, 6.45) is 3.14. The van der Waals surface area contributed by atoms with Crippen molar-refractivity contribution >= 4 is 16.5 Å². The number of rotatable bonds is 8. The maximum atomic E-state index is 6.25. The summed E-state index contributed by atoms with van der Waals surface area (Å²) in [5, 5.41) is 2.36. The molecule has 4 aromatic rings. The summed E-state index contributed by atoms with van der Waals surface area (Å²) in [5.41, 5.74) is 4.31. The Labute approximate surface area is 224 Å². The molecule has 0 spiro atoms. The maximum Gasteiger partial charge on any atom is 0.320 e. The van der Waals surface area contributed by atoms with Crippen LogP contribution in [-0.2, 0) is 19.6 Å². The van der Waals surface area contributed by atoms with Gasteiger partial charge in [-0.1, -0.05) is 54.6 Å². The minimum atomic E-state index is 0.396. The number of nitrogens with zero attached hydrogens (tertiary/aromatic N) is 4. The molecule has 1 fully saturated rings. The lowest BCUT2D eigenvalue weighted by atomic mass is 10.0. The molecule has 7 nitrogen and oxygen atoms in total. The lowest BCUT2D eigenvalue weighted by molar-refractivity contribution is 0.185. The van der Waals surface area contributed by atoms with Crippen LogP contribution in [0.2, 0.25) is 0 Å². The molecule has 1 atom stereocenters. The lowest BCUT2D eigenvalue weighted by Crippen LogP contribution is -2.33. The Kier molecular flexibility index (Phi) is 7.01. The van der Waals surface area contributed by atoms with Gasteiger partial charge in [0.1, 0.15) is 19.0 Å². The van der Waals surface area contributed by atoms with E-state index >= 15 is 0 Å². The van der Waals surface area contributed by atoms with Crippen LogP contribution >= 0.6 is 0 Å². The first-order valence-electron chi connectivity index (χ1n) is 13.4. The van der Waals surface area contributed by atoms with Crippen molar-refractivity contribution in [2.45, 2.75) is 38.5 Å². The monoisotopic (exact) mass is 510 g/mol. The van der Waals surface area contributed by atoms with Crippen LogP contribution in [0.5, 0.6) is 17.6 Å². The number of hydrogen-bond acceptors (Lipinski definition) is 7. The Morgan fingerprint density at radius 2 is 1.79 bits per heavy atom. The first-order chi connectivity index (χ1) is 18.7. The number of benzene rings is 3. The Hall–Kier alpha value is -3.84. The van der Waals surface area contributed by atoms with Crippen molar-refractivity contribution in [3.63, 3.8) is 0 Å². The van der Waals surface area contributed by atoms with Gasteiger partial charge < -0.3 is 24.0 Å². The van der Waals surface area contributed by atoms with Gasteiger partial charge in [-0.2, -0.15) is 9.97 Å². The highest BCUT2D eigenvalue weighted by Crippen LogP contribution is 2.36. The van der Waals surface area contributed by atoms with Gasteiger partial charge >= 0.3 is 6.01 Å². The van der Waals surface area contributed by atoms with Crippen molar-refractivity contribution in [3.8, 4) is 17.6 Å². The zero-order chi connectivity index (χ0) is 25.9. The predicted molar refractivity (Wildman–Crippen MR) is 149 cm³/mol. The topological polar surface area (TPSA) is 60.0 Å². The van der Waals surface area contributed by atoms with E-state index < -0.39 is 0 Å². The molecule has 0 radical (unpaired) electrons. The number of likely N-dealkylation sites (tertiary alicyclic amines) is 1. The Bertz CT molecular complexity index is 1410. The van der Waals surface area contributed by atoms with Gasteiger partial charge in [0, 0.05) is 35.3 Å². The highest BCUT2D eigenvalue weighted by atomic mass is 16.5. The Morgan fingerprint density at radius 1 is 0.947 bits per heavy atom. The van der Waals surface area contributed by atoms with E-state index in [1.807, 2.05) is 18.2 Å². The number of hydrogen-bond donors (Lipinski definition) is 0. The second kappa shape index (κ2) is 10.9. The minimum Gasteiger partial charge on any atom is -0.489 e. The van der Waals surface area contributed by atoms with Crippen LogP contribution in [0.1, 0.15) is 29.7 Å². The first kappa shape index (κ1) is 24.5. The van der Waals surface area contributed by atoms with E-state index in [2.05, 4.69) is 70.4 Å². The molecule has 0 aliphatic carbocycles. The molecule has 3 heterocycles. The van der Waals surface area contributed by atoms with Gasteiger partial charge in [-0.3, -0.25) is 0 Å². The van der Waals surface area contributed by atoms with Crippen LogP contribution in [0, 0.1) is 0 Å². The molecule has 0 amide bonds. The standard InChI is InChI=1S/C31H34N4O3/c1-34-15-8-12-24(34)21-38-31-32-28-19-35(16-14-27(28)30(33-31)36-2)29-18-25(17-23-11-6-7-13-26(23)29)37-20-22-9-4-3-5-10-22/h3-7,9-11,13,17-18,24H,8,12,14-16,19-21H2,1-2H3/t24-/m0/s1. The minimum absolute atomic E-state index is 0.396. The number of aromatic nitrogens is 2. The smallest absolute Gasteiger partial charge is 0.320 e. The van der Waals surface area contributed by atoms with Crippen LogP contribution in [0.25, 0.3) is 10.8 Å². The number of ether oxygens (including phenoxy) is 3. The number of anilines is 1. The second-order valence-corrected chi connectivity index (χ2v) is 10.1. The summed E-state index contributed by atoms with van der Waals surface area (Å²) in [5.74, 6) is 1.48. The van der Waals surface area contributed by atoms with Crippen molar-refractivity contribution in [3.05, 3.63) is 83.6 Å². The zero-order valence-electron chi connectivity index (χ0n) is 22.1. The van der Waals surface area contributed by atoms with Crippen molar-refractivity contribution in [2.24, 2.45) is 0 Å². The predicted octanol–water partition coefficient (Wildman–Crippen LogP) is 5.25. The molecule has 0 bridgehead atoms.